The third-order valence-electron chi connectivity index (χ3n) is 2.78. The second kappa shape index (κ2) is 6.57. The predicted molar refractivity (Wildman–Crippen MR) is 74.7 cm³/mol. The van der Waals surface area contributed by atoms with Crippen LogP contribution in [0.15, 0.2) is 42.5 Å². The molecule has 0 unspecified atom stereocenters. The Labute approximate surface area is 117 Å². The minimum absolute atomic E-state index is 0.0740. The molecule has 0 aromatic heterocycles. The van der Waals surface area contributed by atoms with E-state index >= 15 is 0 Å². The topological polar surface area (TPSA) is 49.7 Å². The summed E-state index contributed by atoms with van der Waals surface area (Å²) in [6.45, 7) is -0.0230. The van der Waals surface area contributed by atoms with Gasteiger partial charge in [0.2, 0.25) is 0 Å². The van der Waals surface area contributed by atoms with Gasteiger partial charge < -0.3 is 14.9 Å². The molecule has 0 aliphatic rings. The van der Waals surface area contributed by atoms with Gasteiger partial charge in [0, 0.05) is 11.6 Å². The Balaban J connectivity index is 2.23. The number of hydrogen-bond acceptors (Lipinski definition) is 3. The Morgan fingerprint density at radius 3 is 2.47 bits per heavy atom. The van der Waals surface area contributed by atoms with Crippen LogP contribution in [0.4, 0.5) is 0 Å². The Bertz CT molecular complexity index is 555. The molecule has 0 spiro atoms. The molecule has 4 heteroatoms. The SMILES string of the molecule is OCCc1ccccc1Oc1ccc(CO)c(Cl)c1. The van der Waals surface area contributed by atoms with E-state index in [4.69, 9.17) is 26.6 Å². The molecule has 0 heterocycles. The Morgan fingerprint density at radius 2 is 1.79 bits per heavy atom. The molecule has 0 amide bonds. The van der Waals surface area contributed by atoms with Crippen LogP contribution in [0.1, 0.15) is 11.1 Å². The van der Waals surface area contributed by atoms with E-state index in [1.54, 1.807) is 18.2 Å². The highest BCUT2D eigenvalue weighted by molar-refractivity contribution is 6.31. The monoisotopic (exact) mass is 278 g/mol. The summed E-state index contributed by atoms with van der Waals surface area (Å²) in [7, 11) is 0. The lowest BCUT2D eigenvalue weighted by atomic mass is 10.1. The highest BCUT2D eigenvalue weighted by Crippen LogP contribution is 2.29. The number of aliphatic hydroxyl groups is 2. The van der Waals surface area contributed by atoms with E-state index in [0.717, 1.165) is 5.56 Å². The number of ether oxygens (including phenoxy) is 1. The molecular weight excluding hydrogens is 264 g/mol. The van der Waals surface area contributed by atoms with Crippen molar-refractivity contribution in [2.24, 2.45) is 0 Å². The lowest BCUT2D eigenvalue weighted by Crippen LogP contribution is -1.95. The normalized spacial score (nSPS) is 10.5. The van der Waals surface area contributed by atoms with Crippen molar-refractivity contribution >= 4 is 11.6 Å². The van der Waals surface area contributed by atoms with Gasteiger partial charge in [0.1, 0.15) is 11.5 Å². The van der Waals surface area contributed by atoms with Crippen molar-refractivity contribution in [3.8, 4) is 11.5 Å². The van der Waals surface area contributed by atoms with Gasteiger partial charge in [0.25, 0.3) is 0 Å². The third-order valence-corrected chi connectivity index (χ3v) is 3.13. The maximum absolute atomic E-state index is 9.06. The summed E-state index contributed by atoms with van der Waals surface area (Å²) >= 11 is 6.02. The average Bonchev–Trinajstić information content (AvgIpc) is 2.41. The fraction of sp³-hybridized carbons (Fsp3) is 0.200. The van der Waals surface area contributed by atoms with E-state index < -0.39 is 0 Å². The lowest BCUT2D eigenvalue weighted by molar-refractivity contribution is 0.282. The summed E-state index contributed by atoms with van der Waals surface area (Å²) in [5, 5.41) is 18.6. The van der Waals surface area contributed by atoms with Gasteiger partial charge in [-0.15, -0.1) is 0 Å². The molecule has 3 nitrogen and oxygen atoms in total. The summed E-state index contributed by atoms with van der Waals surface area (Å²) in [5.41, 5.74) is 1.60. The van der Waals surface area contributed by atoms with Crippen molar-refractivity contribution in [3.63, 3.8) is 0 Å². The molecule has 2 rings (SSSR count). The zero-order valence-corrected chi connectivity index (χ0v) is 11.1. The van der Waals surface area contributed by atoms with Gasteiger partial charge in [-0.1, -0.05) is 35.9 Å². The van der Waals surface area contributed by atoms with Crippen LogP contribution in [0, 0.1) is 0 Å². The Morgan fingerprint density at radius 1 is 1.00 bits per heavy atom. The van der Waals surface area contributed by atoms with Crippen LogP contribution in [0.25, 0.3) is 0 Å². The smallest absolute Gasteiger partial charge is 0.130 e. The van der Waals surface area contributed by atoms with Crippen molar-refractivity contribution in [1.29, 1.82) is 0 Å². The van der Waals surface area contributed by atoms with Crippen LogP contribution in [0.2, 0.25) is 5.02 Å². The molecule has 0 atom stereocenters. The molecule has 19 heavy (non-hydrogen) atoms. The molecule has 0 radical (unpaired) electrons. The largest absolute Gasteiger partial charge is 0.457 e. The first kappa shape index (κ1) is 13.9. The lowest BCUT2D eigenvalue weighted by Gasteiger charge is -2.11. The Kier molecular flexibility index (Phi) is 4.80. The average molecular weight is 279 g/mol. The van der Waals surface area contributed by atoms with Gasteiger partial charge in [-0.2, -0.15) is 0 Å². The van der Waals surface area contributed by atoms with E-state index in [2.05, 4.69) is 0 Å². The summed E-state index contributed by atoms with van der Waals surface area (Å²) in [5.74, 6) is 1.30. The molecule has 2 N–H and O–H groups in total. The molecule has 0 aliphatic heterocycles. The molecule has 0 fully saturated rings. The first-order chi connectivity index (χ1) is 9.24. The standard InChI is InChI=1S/C15H15ClO3/c16-14-9-13(6-5-12(14)10-18)19-15-4-2-1-3-11(15)7-8-17/h1-6,9,17-18H,7-8,10H2. The first-order valence-corrected chi connectivity index (χ1v) is 6.38. The number of aliphatic hydroxyl groups excluding tert-OH is 2. The number of benzene rings is 2. The van der Waals surface area contributed by atoms with Crippen molar-refractivity contribution in [3.05, 3.63) is 58.6 Å². The van der Waals surface area contributed by atoms with Crippen molar-refractivity contribution in [2.75, 3.05) is 6.61 Å². The second-order valence-corrected chi connectivity index (χ2v) is 4.50. The van der Waals surface area contributed by atoms with Gasteiger partial charge in [0.15, 0.2) is 0 Å². The van der Waals surface area contributed by atoms with Crippen LogP contribution in [0.5, 0.6) is 11.5 Å². The summed E-state index contributed by atoms with van der Waals surface area (Å²) in [6.07, 6.45) is 0.540. The Hall–Kier alpha value is -1.55. The van der Waals surface area contributed by atoms with Crippen LogP contribution in [-0.4, -0.2) is 16.8 Å². The van der Waals surface area contributed by atoms with Crippen LogP contribution in [-0.2, 0) is 13.0 Å². The molecule has 0 aliphatic carbocycles. The maximum Gasteiger partial charge on any atom is 0.130 e. The second-order valence-electron chi connectivity index (χ2n) is 4.09. The van der Waals surface area contributed by atoms with Gasteiger partial charge in [0.05, 0.1) is 6.61 Å². The van der Waals surface area contributed by atoms with E-state index in [1.807, 2.05) is 24.3 Å². The van der Waals surface area contributed by atoms with Crippen LogP contribution < -0.4 is 4.74 Å². The highest BCUT2D eigenvalue weighted by atomic mass is 35.5. The van der Waals surface area contributed by atoms with E-state index in [1.165, 1.54) is 0 Å². The first-order valence-electron chi connectivity index (χ1n) is 6.00. The number of halogens is 1. The van der Waals surface area contributed by atoms with Gasteiger partial charge >= 0.3 is 0 Å². The summed E-state index contributed by atoms with van der Waals surface area (Å²) in [4.78, 5) is 0. The zero-order chi connectivity index (χ0) is 13.7. The number of para-hydroxylation sites is 1. The molecule has 100 valence electrons. The summed E-state index contributed by atoms with van der Waals surface area (Å²) in [6, 6.07) is 12.7. The molecule has 2 aromatic rings. The minimum Gasteiger partial charge on any atom is -0.457 e. The number of hydrogen-bond donors (Lipinski definition) is 2. The van der Waals surface area contributed by atoms with E-state index in [0.29, 0.717) is 28.5 Å². The van der Waals surface area contributed by atoms with Crippen molar-refractivity contribution in [2.45, 2.75) is 13.0 Å². The van der Waals surface area contributed by atoms with Crippen LogP contribution >= 0.6 is 11.6 Å². The maximum atomic E-state index is 9.06. The molecule has 2 aromatic carbocycles. The van der Waals surface area contributed by atoms with Gasteiger partial charge in [-0.3, -0.25) is 0 Å². The quantitative estimate of drug-likeness (QED) is 0.883. The number of rotatable bonds is 5. The molecule has 0 saturated heterocycles. The highest BCUT2D eigenvalue weighted by Gasteiger charge is 2.06. The van der Waals surface area contributed by atoms with Crippen LogP contribution in [0.3, 0.4) is 0 Å². The predicted octanol–water partition coefficient (Wildman–Crippen LogP) is 3.16. The molecule has 0 bridgehead atoms. The van der Waals surface area contributed by atoms with Crippen molar-refractivity contribution in [1.82, 2.24) is 0 Å². The third kappa shape index (κ3) is 3.47. The van der Waals surface area contributed by atoms with Gasteiger partial charge in [-0.05, 0) is 35.7 Å². The molecular formula is C15H15ClO3. The fourth-order valence-corrected chi connectivity index (χ4v) is 2.01. The molecule has 0 saturated carbocycles. The van der Waals surface area contributed by atoms with E-state index in [-0.39, 0.29) is 13.2 Å². The fourth-order valence-electron chi connectivity index (χ4n) is 1.78. The van der Waals surface area contributed by atoms with E-state index in [9.17, 15) is 0 Å². The minimum atomic E-state index is -0.0970. The summed E-state index contributed by atoms with van der Waals surface area (Å²) < 4.78 is 5.77. The van der Waals surface area contributed by atoms with Gasteiger partial charge in [-0.25, -0.2) is 0 Å². The zero-order valence-electron chi connectivity index (χ0n) is 10.3. The van der Waals surface area contributed by atoms with Crippen molar-refractivity contribution < 1.29 is 14.9 Å².